The fourth-order valence-corrected chi connectivity index (χ4v) is 5.05. The molecule has 0 radical (unpaired) electrons. The predicted octanol–water partition coefficient (Wildman–Crippen LogP) is 5.16. The summed E-state index contributed by atoms with van der Waals surface area (Å²) in [6, 6.07) is 8.74. The van der Waals surface area contributed by atoms with Gasteiger partial charge in [0.15, 0.2) is 23.1 Å². The first-order valence-corrected chi connectivity index (χ1v) is 12.6. The SMILES string of the molecule is COc1cc(CN2CC[C@@H](C(=O)N(Cc3cc(Cl)c4c(c3)OCCCO4)CC(C)C)C2)ccc1F. The lowest BCUT2D eigenvalue weighted by molar-refractivity contribution is -0.136. The summed E-state index contributed by atoms with van der Waals surface area (Å²) in [5.41, 5.74) is 1.90. The quantitative estimate of drug-likeness (QED) is 0.497. The minimum Gasteiger partial charge on any atom is -0.494 e. The van der Waals surface area contributed by atoms with Crippen molar-refractivity contribution in [2.45, 2.75) is 39.8 Å². The number of hydrogen-bond acceptors (Lipinski definition) is 5. The molecule has 2 aliphatic rings. The number of rotatable bonds is 8. The normalized spacial score (nSPS) is 17.9. The van der Waals surface area contributed by atoms with Crippen LogP contribution >= 0.6 is 11.6 Å². The van der Waals surface area contributed by atoms with Gasteiger partial charge in [0.05, 0.1) is 31.3 Å². The summed E-state index contributed by atoms with van der Waals surface area (Å²) < 4.78 is 30.4. The molecule has 6 nitrogen and oxygen atoms in total. The minimum atomic E-state index is -0.370. The van der Waals surface area contributed by atoms with Crippen LogP contribution in [-0.2, 0) is 17.9 Å². The van der Waals surface area contributed by atoms with Crippen molar-refractivity contribution in [2.75, 3.05) is 40.0 Å². The molecule has 1 fully saturated rings. The topological polar surface area (TPSA) is 51.2 Å². The van der Waals surface area contributed by atoms with Crippen LogP contribution in [0.4, 0.5) is 4.39 Å². The molecule has 1 amide bonds. The van der Waals surface area contributed by atoms with Gasteiger partial charge in [0, 0.05) is 32.6 Å². The average Bonchev–Trinajstić information content (AvgIpc) is 3.15. The van der Waals surface area contributed by atoms with E-state index in [2.05, 4.69) is 18.7 Å². The summed E-state index contributed by atoms with van der Waals surface area (Å²) in [6.07, 6.45) is 1.61. The molecule has 2 aromatic rings. The van der Waals surface area contributed by atoms with Gasteiger partial charge < -0.3 is 19.1 Å². The number of benzene rings is 2. The number of carbonyl (C=O) groups is 1. The molecule has 0 aliphatic carbocycles. The number of carbonyl (C=O) groups excluding carboxylic acids is 1. The van der Waals surface area contributed by atoms with Crippen molar-refractivity contribution in [2.24, 2.45) is 11.8 Å². The average molecular weight is 505 g/mol. The molecule has 0 unspecified atom stereocenters. The zero-order chi connectivity index (χ0) is 24.9. The maximum absolute atomic E-state index is 13.7. The van der Waals surface area contributed by atoms with Crippen LogP contribution in [0.2, 0.25) is 5.02 Å². The van der Waals surface area contributed by atoms with Gasteiger partial charge in [0.25, 0.3) is 0 Å². The monoisotopic (exact) mass is 504 g/mol. The van der Waals surface area contributed by atoms with E-state index in [0.29, 0.717) is 61.8 Å². The highest BCUT2D eigenvalue weighted by Crippen LogP contribution is 2.38. The molecule has 190 valence electrons. The second-order valence-corrected chi connectivity index (χ2v) is 10.2. The molecule has 35 heavy (non-hydrogen) atoms. The first kappa shape index (κ1) is 25.6. The maximum atomic E-state index is 13.7. The van der Waals surface area contributed by atoms with E-state index < -0.39 is 0 Å². The lowest BCUT2D eigenvalue weighted by Crippen LogP contribution is -2.39. The van der Waals surface area contributed by atoms with E-state index in [1.54, 1.807) is 12.1 Å². The number of methoxy groups -OCH3 is 1. The van der Waals surface area contributed by atoms with E-state index in [-0.39, 0.29) is 23.4 Å². The Morgan fingerprint density at radius 2 is 2.03 bits per heavy atom. The van der Waals surface area contributed by atoms with E-state index in [4.69, 9.17) is 25.8 Å². The van der Waals surface area contributed by atoms with Gasteiger partial charge in [-0.25, -0.2) is 4.39 Å². The van der Waals surface area contributed by atoms with Crippen LogP contribution in [0.25, 0.3) is 0 Å². The highest BCUT2D eigenvalue weighted by Gasteiger charge is 2.32. The zero-order valence-corrected chi connectivity index (χ0v) is 21.4. The first-order valence-electron chi connectivity index (χ1n) is 12.3. The second-order valence-electron chi connectivity index (χ2n) is 9.76. The van der Waals surface area contributed by atoms with Crippen molar-refractivity contribution in [1.29, 1.82) is 0 Å². The van der Waals surface area contributed by atoms with Gasteiger partial charge in [-0.1, -0.05) is 31.5 Å². The Hall–Kier alpha value is -2.51. The summed E-state index contributed by atoms with van der Waals surface area (Å²) in [7, 11) is 1.46. The van der Waals surface area contributed by atoms with Gasteiger partial charge in [-0.3, -0.25) is 9.69 Å². The van der Waals surface area contributed by atoms with Crippen molar-refractivity contribution >= 4 is 17.5 Å². The smallest absolute Gasteiger partial charge is 0.227 e. The molecule has 0 aromatic heterocycles. The van der Waals surface area contributed by atoms with E-state index in [0.717, 1.165) is 30.5 Å². The Morgan fingerprint density at radius 3 is 2.80 bits per heavy atom. The molecule has 0 bridgehead atoms. The van der Waals surface area contributed by atoms with Crippen LogP contribution in [0.5, 0.6) is 17.2 Å². The number of amides is 1. The van der Waals surface area contributed by atoms with Crippen molar-refractivity contribution in [3.63, 3.8) is 0 Å². The summed E-state index contributed by atoms with van der Waals surface area (Å²) in [5.74, 6) is 1.51. The molecule has 1 saturated heterocycles. The molecular formula is C27H34ClFN2O4. The van der Waals surface area contributed by atoms with E-state index in [1.165, 1.54) is 13.2 Å². The molecule has 2 aromatic carbocycles. The van der Waals surface area contributed by atoms with Gasteiger partial charge in [0.1, 0.15) is 0 Å². The fraction of sp³-hybridized carbons (Fsp3) is 0.519. The third-order valence-electron chi connectivity index (χ3n) is 6.38. The van der Waals surface area contributed by atoms with Gasteiger partial charge in [-0.2, -0.15) is 0 Å². The number of likely N-dealkylation sites (tertiary alicyclic amines) is 1. The third kappa shape index (κ3) is 6.39. The van der Waals surface area contributed by atoms with Crippen LogP contribution in [-0.4, -0.2) is 55.7 Å². The van der Waals surface area contributed by atoms with E-state index >= 15 is 0 Å². The summed E-state index contributed by atoms with van der Waals surface area (Å²) in [5, 5.41) is 0.512. The molecular weight excluding hydrogens is 471 g/mol. The van der Waals surface area contributed by atoms with Gasteiger partial charge in [0.2, 0.25) is 5.91 Å². The Labute approximate surface area is 211 Å². The van der Waals surface area contributed by atoms with Crippen molar-refractivity contribution in [3.8, 4) is 17.2 Å². The zero-order valence-electron chi connectivity index (χ0n) is 20.7. The number of hydrogen-bond donors (Lipinski definition) is 0. The standard InChI is InChI=1S/C27H34ClFN2O4/c1-18(2)14-31(16-20-11-22(28)26-25(13-20)34-9-4-10-35-26)27(32)21-7-8-30(17-21)15-19-5-6-23(29)24(12-19)33-3/h5-6,11-13,18,21H,4,7-10,14-17H2,1-3H3/t21-/m1/s1. The Bertz CT molecular complexity index is 1050. The number of fused-ring (bicyclic) bond motifs is 1. The van der Waals surface area contributed by atoms with Gasteiger partial charge in [-0.15, -0.1) is 0 Å². The van der Waals surface area contributed by atoms with Crippen LogP contribution in [0.3, 0.4) is 0 Å². The molecule has 0 spiro atoms. The van der Waals surface area contributed by atoms with Gasteiger partial charge in [-0.05, 0) is 54.3 Å². The second kappa shape index (κ2) is 11.5. The Kier molecular flexibility index (Phi) is 8.39. The molecule has 8 heteroatoms. The highest BCUT2D eigenvalue weighted by molar-refractivity contribution is 6.32. The molecule has 1 atom stereocenters. The largest absolute Gasteiger partial charge is 0.494 e. The number of halogens is 2. The molecule has 0 saturated carbocycles. The van der Waals surface area contributed by atoms with Crippen molar-refractivity contribution < 1.29 is 23.4 Å². The van der Waals surface area contributed by atoms with Crippen LogP contribution < -0.4 is 14.2 Å². The summed E-state index contributed by atoms with van der Waals surface area (Å²) in [4.78, 5) is 17.8. The highest BCUT2D eigenvalue weighted by atomic mass is 35.5. The molecule has 4 rings (SSSR count). The number of nitrogens with zero attached hydrogens (tertiary/aromatic N) is 2. The Balaban J connectivity index is 1.44. The van der Waals surface area contributed by atoms with Crippen molar-refractivity contribution in [3.05, 3.63) is 52.3 Å². The first-order chi connectivity index (χ1) is 16.8. The number of ether oxygens (including phenoxy) is 3. The lowest BCUT2D eigenvalue weighted by Gasteiger charge is -2.28. The van der Waals surface area contributed by atoms with Crippen LogP contribution in [0, 0.1) is 17.7 Å². The van der Waals surface area contributed by atoms with Crippen LogP contribution in [0.15, 0.2) is 30.3 Å². The Morgan fingerprint density at radius 1 is 1.23 bits per heavy atom. The van der Waals surface area contributed by atoms with Crippen LogP contribution in [0.1, 0.15) is 37.8 Å². The molecule has 2 aliphatic heterocycles. The minimum absolute atomic E-state index is 0.0769. The van der Waals surface area contributed by atoms with E-state index in [1.807, 2.05) is 17.0 Å². The summed E-state index contributed by atoms with van der Waals surface area (Å²) in [6.45, 7) is 8.68. The summed E-state index contributed by atoms with van der Waals surface area (Å²) >= 11 is 6.50. The fourth-order valence-electron chi connectivity index (χ4n) is 4.77. The molecule has 0 N–H and O–H groups in total. The predicted molar refractivity (Wildman–Crippen MR) is 134 cm³/mol. The maximum Gasteiger partial charge on any atom is 0.227 e. The van der Waals surface area contributed by atoms with E-state index in [9.17, 15) is 9.18 Å². The third-order valence-corrected chi connectivity index (χ3v) is 6.66. The lowest BCUT2D eigenvalue weighted by atomic mass is 10.0. The molecule has 2 heterocycles. The van der Waals surface area contributed by atoms with Crippen molar-refractivity contribution in [1.82, 2.24) is 9.80 Å². The van der Waals surface area contributed by atoms with Gasteiger partial charge >= 0.3 is 0 Å².